The van der Waals surface area contributed by atoms with Crippen molar-refractivity contribution in [2.75, 3.05) is 31.2 Å². The fraction of sp³-hybridized carbons (Fsp3) is 0.364. The number of nitrogens with zero attached hydrogens (tertiary/aromatic N) is 4. The zero-order valence-electron chi connectivity index (χ0n) is 16.5. The van der Waals surface area contributed by atoms with Gasteiger partial charge in [0.25, 0.3) is 0 Å². The van der Waals surface area contributed by atoms with Crippen LogP contribution in [0.25, 0.3) is 5.69 Å². The topological polar surface area (TPSA) is 55.2 Å². The van der Waals surface area contributed by atoms with Gasteiger partial charge in [0.05, 0.1) is 30.8 Å². The van der Waals surface area contributed by atoms with E-state index < -0.39 is 11.6 Å². The molecule has 156 valence electrons. The van der Waals surface area contributed by atoms with Gasteiger partial charge in [0, 0.05) is 37.3 Å². The molecule has 1 aliphatic carbocycles. The van der Waals surface area contributed by atoms with Crippen molar-refractivity contribution in [1.29, 1.82) is 0 Å². The molecular formula is C22H23F2N5O. The molecule has 0 radical (unpaired) electrons. The minimum absolute atomic E-state index is 0.211. The average Bonchev–Trinajstić information content (AvgIpc) is 3.41. The smallest absolute Gasteiger partial charge is 0.159 e. The summed E-state index contributed by atoms with van der Waals surface area (Å²) in [6.07, 6.45) is 2.81. The lowest BCUT2D eigenvalue weighted by atomic mass is 10.1. The number of aromatic nitrogens is 3. The van der Waals surface area contributed by atoms with Crippen LogP contribution < -0.4 is 10.2 Å². The highest BCUT2D eigenvalue weighted by Gasteiger charge is 2.38. The third kappa shape index (κ3) is 4.06. The molecule has 30 heavy (non-hydrogen) atoms. The van der Waals surface area contributed by atoms with Gasteiger partial charge in [-0.3, -0.25) is 0 Å². The summed E-state index contributed by atoms with van der Waals surface area (Å²) in [5.74, 6) is -1.39. The van der Waals surface area contributed by atoms with Crippen molar-refractivity contribution < 1.29 is 13.5 Å². The minimum atomic E-state index is -0.807. The van der Waals surface area contributed by atoms with Crippen molar-refractivity contribution in [3.8, 4) is 5.69 Å². The Labute approximate surface area is 173 Å². The van der Waals surface area contributed by atoms with E-state index in [1.807, 2.05) is 18.3 Å². The van der Waals surface area contributed by atoms with Gasteiger partial charge in [-0.1, -0.05) is 11.3 Å². The molecule has 0 spiro atoms. The van der Waals surface area contributed by atoms with Crippen molar-refractivity contribution in [2.24, 2.45) is 0 Å². The Morgan fingerprint density at radius 2 is 1.77 bits per heavy atom. The van der Waals surface area contributed by atoms with E-state index in [9.17, 15) is 8.78 Å². The van der Waals surface area contributed by atoms with Crippen LogP contribution >= 0.6 is 0 Å². The highest BCUT2D eigenvalue weighted by molar-refractivity contribution is 5.51. The zero-order valence-corrected chi connectivity index (χ0v) is 16.5. The fourth-order valence-electron chi connectivity index (χ4n) is 3.91. The van der Waals surface area contributed by atoms with Crippen molar-refractivity contribution in [2.45, 2.75) is 24.9 Å². The number of ether oxygens (including phenoxy) is 1. The number of rotatable bonds is 6. The Balaban J connectivity index is 1.17. The molecular weight excluding hydrogens is 388 g/mol. The molecule has 5 rings (SSSR count). The Hall–Kier alpha value is -2.84. The summed E-state index contributed by atoms with van der Waals surface area (Å²) in [4.78, 5) is 2.31. The highest BCUT2D eigenvalue weighted by atomic mass is 19.2. The molecule has 2 aliphatic rings. The first-order chi connectivity index (χ1) is 14.7. The normalized spacial score (nSPS) is 21.1. The van der Waals surface area contributed by atoms with Crippen molar-refractivity contribution in [3.63, 3.8) is 0 Å². The summed E-state index contributed by atoms with van der Waals surface area (Å²) in [5.41, 5.74) is 3.80. The van der Waals surface area contributed by atoms with E-state index in [-0.39, 0.29) is 12.0 Å². The molecule has 0 amide bonds. The van der Waals surface area contributed by atoms with Crippen LogP contribution in [-0.4, -0.2) is 47.3 Å². The molecule has 2 heterocycles. The third-order valence-corrected chi connectivity index (χ3v) is 5.74. The summed E-state index contributed by atoms with van der Waals surface area (Å²) >= 11 is 0. The van der Waals surface area contributed by atoms with Gasteiger partial charge in [0.15, 0.2) is 11.6 Å². The average molecular weight is 411 g/mol. The van der Waals surface area contributed by atoms with E-state index in [0.717, 1.165) is 49.7 Å². The molecule has 1 saturated carbocycles. The first kappa shape index (κ1) is 19.1. The number of hydrogen-bond donors (Lipinski definition) is 1. The van der Waals surface area contributed by atoms with Crippen LogP contribution in [-0.2, 0) is 11.3 Å². The quantitative estimate of drug-likeness (QED) is 0.676. The fourth-order valence-corrected chi connectivity index (χ4v) is 3.91. The molecule has 1 N–H and O–H groups in total. The number of benzene rings is 2. The first-order valence-corrected chi connectivity index (χ1v) is 10.2. The number of morpholine rings is 1. The standard InChI is InChI=1S/C22H23F2N5O/c23-20-6-1-15(11-21(20)24)19-12-22(19)25-13-16-14-29(27-26-16)18-4-2-17(3-5-18)28-7-9-30-10-8-28/h1-6,11,14,19,22,25H,7-10,12-13H2/t19-,22+/m0/s1. The highest BCUT2D eigenvalue weighted by Crippen LogP contribution is 2.41. The summed E-state index contributed by atoms with van der Waals surface area (Å²) in [7, 11) is 0. The molecule has 1 aliphatic heterocycles. The molecule has 3 aromatic rings. The van der Waals surface area contributed by atoms with Crippen LogP contribution in [0.4, 0.5) is 14.5 Å². The van der Waals surface area contributed by atoms with E-state index in [1.165, 1.54) is 17.8 Å². The maximum atomic E-state index is 13.4. The number of anilines is 1. The Morgan fingerprint density at radius 3 is 2.53 bits per heavy atom. The van der Waals surface area contributed by atoms with Crippen LogP contribution in [0.1, 0.15) is 23.6 Å². The summed E-state index contributed by atoms with van der Waals surface area (Å²) < 4.78 is 33.7. The summed E-state index contributed by atoms with van der Waals surface area (Å²) in [6, 6.07) is 12.6. The van der Waals surface area contributed by atoms with E-state index in [2.05, 4.69) is 32.7 Å². The lowest BCUT2D eigenvalue weighted by molar-refractivity contribution is 0.122. The van der Waals surface area contributed by atoms with E-state index >= 15 is 0 Å². The monoisotopic (exact) mass is 411 g/mol. The number of nitrogens with one attached hydrogen (secondary N) is 1. The Bertz CT molecular complexity index is 1020. The molecule has 1 aromatic heterocycles. The third-order valence-electron chi connectivity index (χ3n) is 5.74. The van der Waals surface area contributed by atoms with Crippen molar-refractivity contribution in [1.82, 2.24) is 20.3 Å². The van der Waals surface area contributed by atoms with Gasteiger partial charge in [-0.2, -0.15) is 0 Å². The molecule has 6 nitrogen and oxygen atoms in total. The molecule has 2 atom stereocenters. The summed E-state index contributed by atoms with van der Waals surface area (Å²) in [5, 5.41) is 11.9. The number of halogens is 2. The van der Waals surface area contributed by atoms with Gasteiger partial charge in [-0.05, 0) is 48.4 Å². The van der Waals surface area contributed by atoms with E-state index in [1.54, 1.807) is 10.7 Å². The number of hydrogen-bond acceptors (Lipinski definition) is 5. The van der Waals surface area contributed by atoms with Crippen LogP contribution in [0.2, 0.25) is 0 Å². The second-order valence-corrected chi connectivity index (χ2v) is 7.77. The zero-order chi connectivity index (χ0) is 20.5. The Kier molecular flexibility index (Phi) is 5.18. The van der Waals surface area contributed by atoms with Gasteiger partial charge in [0.2, 0.25) is 0 Å². The van der Waals surface area contributed by atoms with Gasteiger partial charge in [0.1, 0.15) is 0 Å². The SMILES string of the molecule is Fc1ccc([C@@H]2C[C@H]2NCc2cn(-c3ccc(N4CCOCC4)cc3)nn2)cc1F. The second-order valence-electron chi connectivity index (χ2n) is 7.77. The molecule has 1 saturated heterocycles. The predicted octanol–water partition coefficient (Wildman–Crippen LogP) is 3.03. The van der Waals surface area contributed by atoms with Crippen LogP contribution in [0.15, 0.2) is 48.7 Å². The van der Waals surface area contributed by atoms with Gasteiger partial charge in [-0.25, -0.2) is 13.5 Å². The van der Waals surface area contributed by atoms with Crippen LogP contribution in [0.5, 0.6) is 0 Å². The molecule has 8 heteroatoms. The van der Waals surface area contributed by atoms with Gasteiger partial charge < -0.3 is 15.0 Å². The van der Waals surface area contributed by atoms with Crippen LogP contribution in [0, 0.1) is 11.6 Å². The van der Waals surface area contributed by atoms with Gasteiger partial charge in [-0.15, -0.1) is 5.10 Å². The Morgan fingerprint density at radius 1 is 1.00 bits per heavy atom. The van der Waals surface area contributed by atoms with E-state index in [4.69, 9.17) is 4.74 Å². The van der Waals surface area contributed by atoms with Crippen molar-refractivity contribution in [3.05, 3.63) is 71.6 Å². The lowest BCUT2D eigenvalue weighted by Gasteiger charge is -2.28. The largest absolute Gasteiger partial charge is 0.378 e. The lowest BCUT2D eigenvalue weighted by Crippen LogP contribution is -2.36. The van der Waals surface area contributed by atoms with Crippen LogP contribution in [0.3, 0.4) is 0 Å². The maximum Gasteiger partial charge on any atom is 0.159 e. The maximum absolute atomic E-state index is 13.4. The molecule has 0 bridgehead atoms. The predicted molar refractivity (Wildman–Crippen MR) is 109 cm³/mol. The molecule has 2 aromatic carbocycles. The summed E-state index contributed by atoms with van der Waals surface area (Å²) in [6.45, 7) is 3.92. The van der Waals surface area contributed by atoms with Gasteiger partial charge >= 0.3 is 0 Å². The molecule has 2 fully saturated rings. The molecule has 0 unspecified atom stereocenters. The minimum Gasteiger partial charge on any atom is -0.378 e. The second kappa shape index (κ2) is 8.12. The van der Waals surface area contributed by atoms with Crippen molar-refractivity contribution >= 4 is 5.69 Å². The van der Waals surface area contributed by atoms with E-state index in [0.29, 0.717) is 6.54 Å². The first-order valence-electron chi connectivity index (χ1n) is 10.2.